The van der Waals surface area contributed by atoms with Gasteiger partial charge >= 0.3 is 12.1 Å². The molecule has 0 saturated carbocycles. The summed E-state index contributed by atoms with van der Waals surface area (Å²) < 4.78 is 15.4. The molecule has 3 unspecified atom stereocenters. The quantitative estimate of drug-likeness (QED) is 0.115. The van der Waals surface area contributed by atoms with Gasteiger partial charge in [0.15, 0.2) is 12.2 Å². The fraction of sp³-hybridized carbons (Fsp3) is 0.905. The summed E-state index contributed by atoms with van der Waals surface area (Å²) in [6.45, 7) is -1.21. The van der Waals surface area contributed by atoms with Gasteiger partial charge in [-0.25, -0.2) is 9.59 Å². The first-order valence-corrected chi connectivity index (χ1v) is 11.6. The number of quaternary nitrogens is 1. The van der Waals surface area contributed by atoms with E-state index in [1.54, 1.807) is 0 Å². The highest BCUT2D eigenvalue weighted by molar-refractivity contribution is 5.79. The average Bonchev–Trinajstić information content (AvgIpc) is 3.05. The maximum absolute atomic E-state index is 12.7. The number of hydrogen-bond acceptors (Lipinski definition) is 13. The Balaban J connectivity index is 2.31. The van der Waals surface area contributed by atoms with Crippen LogP contribution >= 0.6 is 0 Å². The average molecular weight is 544 g/mol. The van der Waals surface area contributed by atoms with Gasteiger partial charge in [0, 0.05) is 12.5 Å². The van der Waals surface area contributed by atoms with Gasteiger partial charge in [0.1, 0.15) is 43.2 Å². The van der Waals surface area contributed by atoms with Crippen molar-refractivity contribution in [1.29, 1.82) is 0 Å². The fourth-order valence-electron chi connectivity index (χ4n) is 4.92. The number of ether oxygens (including phenoxy) is 3. The second kappa shape index (κ2) is 11.6. The van der Waals surface area contributed by atoms with Crippen LogP contribution in [0.5, 0.6) is 0 Å². The number of aliphatic hydroxyl groups is 8. The van der Waals surface area contributed by atoms with Crippen molar-refractivity contribution in [2.75, 3.05) is 41.0 Å². The largest absolute Gasteiger partial charge is 0.477 e. The van der Waals surface area contributed by atoms with Crippen molar-refractivity contribution in [2.45, 2.75) is 79.5 Å². The summed E-state index contributed by atoms with van der Waals surface area (Å²) in [4.78, 5) is 25.4. The molecule has 2 fully saturated rings. The molecule has 16 heteroatoms. The fourth-order valence-corrected chi connectivity index (χ4v) is 4.92. The normalized spacial score (nSPS) is 39.0. The third-order valence-corrected chi connectivity index (χ3v) is 7.08. The number of rotatable bonds is 10. The molecule has 0 radical (unpaired) electrons. The number of carboxylic acids is 1. The van der Waals surface area contributed by atoms with Crippen LogP contribution in [0.2, 0.25) is 0 Å². The van der Waals surface area contributed by atoms with E-state index in [0.29, 0.717) is 0 Å². The van der Waals surface area contributed by atoms with Crippen LogP contribution in [-0.4, -0.2) is 170 Å². The number of carbonyl (C=O) groups is 2. The Labute approximate surface area is 212 Å². The lowest BCUT2D eigenvalue weighted by atomic mass is 9.76. The highest BCUT2D eigenvalue weighted by Gasteiger charge is 2.64. The third kappa shape index (κ3) is 5.69. The second-order valence-electron chi connectivity index (χ2n) is 10.4. The zero-order valence-corrected chi connectivity index (χ0v) is 21.0. The molecule has 216 valence electrons. The summed E-state index contributed by atoms with van der Waals surface area (Å²) >= 11 is 0. The van der Waals surface area contributed by atoms with E-state index in [9.17, 15) is 55.5 Å². The van der Waals surface area contributed by atoms with Crippen LogP contribution < -0.4 is 5.32 Å². The number of carboxylic acid groups (broad SMARTS) is 1. The van der Waals surface area contributed by atoms with Gasteiger partial charge in [-0.3, -0.25) is 0 Å². The Morgan fingerprint density at radius 3 is 1.97 bits per heavy atom. The molecule has 2 heterocycles. The van der Waals surface area contributed by atoms with Crippen LogP contribution in [0.1, 0.15) is 13.3 Å². The summed E-state index contributed by atoms with van der Waals surface area (Å²) in [5.41, 5.74) is -2.07. The van der Waals surface area contributed by atoms with Gasteiger partial charge < -0.3 is 70.0 Å². The molecule has 0 bridgehead atoms. The molecule has 0 aromatic heterocycles. The molecule has 11 atom stereocenters. The van der Waals surface area contributed by atoms with Crippen molar-refractivity contribution in [3.63, 3.8) is 0 Å². The van der Waals surface area contributed by atoms with Crippen molar-refractivity contribution in [3.8, 4) is 0 Å². The van der Waals surface area contributed by atoms with Crippen LogP contribution in [0.25, 0.3) is 0 Å². The van der Waals surface area contributed by atoms with Gasteiger partial charge in [0.25, 0.3) is 5.79 Å². The standard InChI is InChI=1S/C21H38N2O14/c1-9(22-19(34)37-21(8-26)16(31)13(28)11(7-25)36-21)5-20(18(32)33,23(2,3)4)17-15(30)14(29)12(27)10(6-24)35-17/h9-17,24-31H,5-8H2,1-4H3,(H-,22,32,33,34)/p+1/t9?,10-,11-,12-,13-,14+,15-,16+,17+,20?,21?/m1/s1. The molecule has 0 aromatic carbocycles. The molecule has 10 N–H and O–H groups in total. The molecule has 0 aromatic rings. The minimum absolute atomic E-state index is 0.404. The molecule has 2 aliphatic rings. The van der Waals surface area contributed by atoms with E-state index in [2.05, 4.69) is 5.32 Å². The first-order valence-electron chi connectivity index (χ1n) is 11.6. The summed E-state index contributed by atoms with van der Waals surface area (Å²) in [6.07, 6.45) is -15.1. The van der Waals surface area contributed by atoms with Crippen LogP contribution in [0.15, 0.2) is 0 Å². The predicted octanol–water partition coefficient (Wildman–Crippen LogP) is -5.34. The Morgan fingerprint density at radius 1 is 0.973 bits per heavy atom. The number of nitrogens with one attached hydrogen (secondary N) is 1. The number of carbonyl (C=O) groups excluding carboxylic acids is 1. The molecule has 1 amide bonds. The van der Waals surface area contributed by atoms with Gasteiger partial charge in [0.2, 0.25) is 5.54 Å². The predicted molar refractivity (Wildman–Crippen MR) is 120 cm³/mol. The number of hydrogen-bond donors (Lipinski definition) is 10. The number of alkyl carbamates (subject to hydrolysis) is 1. The van der Waals surface area contributed by atoms with E-state index in [1.165, 1.54) is 28.1 Å². The van der Waals surface area contributed by atoms with Crippen molar-refractivity contribution >= 4 is 12.1 Å². The minimum atomic E-state index is -2.40. The van der Waals surface area contributed by atoms with Gasteiger partial charge in [-0.15, -0.1) is 0 Å². The van der Waals surface area contributed by atoms with Crippen LogP contribution in [0.3, 0.4) is 0 Å². The molecule has 0 aliphatic carbocycles. The third-order valence-electron chi connectivity index (χ3n) is 7.08. The maximum Gasteiger partial charge on any atom is 0.410 e. The molecular weight excluding hydrogens is 504 g/mol. The first-order chi connectivity index (χ1) is 17.0. The van der Waals surface area contributed by atoms with Gasteiger partial charge in [0.05, 0.1) is 34.4 Å². The van der Waals surface area contributed by atoms with Crippen molar-refractivity contribution in [3.05, 3.63) is 0 Å². The van der Waals surface area contributed by atoms with Gasteiger partial charge in [-0.1, -0.05) is 0 Å². The molecule has 0 spiro atoms. The Morgan fingerprint density at radius 2 is 1.54 bits per heavy atom. The Hall–Kier alpha value is -1.70. The summed E-state index contributed by atoms with van der Waals surface area (Å²) in [7, 11) is 4.42. The van der Waals surface area contributed by atoms with E-state index in [-0.39, 0.29) is 0 Å². The molecular formula is C21H39N2O14+. The monoisotopic (exact) mass is 543 g/mol. The molecule has 2 rings (SSSR count). The Bertz CT molecular complexity index is 809. The maximum atomic E-state index is 12.7. The summed E-state index contributed by atoms with van der Waals surface area (Å²) in [5.74, 6) is -3.89. The SMILES string of the molecule is CC(CC(C(=O)O)([C@H]1O[C@H](CO)[C@@H](O)[C@H](O)[C@H]1O)[N+](C)(C)C)NC(=O)OC1(CO)O[C@H](CO)[C@@H](O)[C@@H]1O. The molecule has 2 saturated heterocycles. The lowest BCUT2D eigenvalue weighted by molar-refractivity contribution is -0.920. The molecule has 37 heavy (non-hydrogen) atoms. The van der Waals surface area contributed by atoms with E-state index in [1.807, 2.05) is 0 Å². The van der Waals surface area contributed by atoms with E-state index >= 15 is 0 Å². The van der Waals surface area contributed by atoms with Crippen molar-refractivity contribution in [2.24, 2.45) is 0 Å². The smallest absolute Gasteiger partial charge is 0.410 e. The summed E-state index contributed by atoms with van der Waals surface area (Å²) in [6, 6.07) is -1.05. The number of aliphatic carboxylic acids is 1. The van der Waals surface area contributed by atoms with E-state index in [4.69, 9.17) is 14.2 Å². The highest BCUT2D eigenvalue weighted by Crippen LogP contribution is 2.38. The van der Waals surface area contributed by atoms with Gasteiger partial charge in [-0.05, 0) is 6.92 Å². The number of aliphatic hydroxyl groups excluding tert-OH is 8. The zero-order valence-electron chi connectivity index (χ0n) is 21.0. The lowest BCUT2D eigenvalue weighted by Crippen LogP contribution is -2.76. The van der Waals surface area contributed by atoms with Crippen LogP contribution in [0, 0.1) is 0 Å². The van der Waals surface area contributed by atoms with Crippen molar-refractivity contribution < 1.29 is 74.2 Å². The van der Waals surface area contributed by atoms with Crippen LogP contribution in [-0.2, 0) is 19.0 Å². The van der Waals surface area contributed by atoms with Crippen molar-refractivity contribution in [1.82, 2.24) is 5.32 Å². The van der Waals surface area contributed by atoms with E-state index in [0.717, 1.165) is 0 Å². The topological polar surface area (TPSA) is 256 Å². The number of likely N-dealkylation sites (N-methyl/N-ethyl adjacent to an activating group) is 1. The van der Waals surface area contributed by atoms with Gasteiger partial charge in [-0.2, -0.15) is 0 Å². The Kier molecular flexibility index (Phi) is 9.87. The molecule has 2 aliphatic heterocycles. The summed E-state index contributed by atoms with van der Waals surface area (Å²) in [5, 5.41) is 92.5. The van der Waals surface area contributed by atoms with E-state index < -0.39 is 109 Å². The second-order valence-corrected chi connectivity index (χ2v) is 10.4. The lowest BCUT2D eigenvalue weighted by Gasteiger charge is -2.52. The zero-order chi connectivity index (χ0) is 28.5. The molecule has 16 nitrogen and oxygen atoms in total. The number of nitrogens with zero attached hydrogens (tertiary/aromatic N) is 1. The number of amides is 1. The van der Waals surface area contributed by atoms with Crippen LogP contribution in [0.4, 0.5) is 4.79 Å². The first kappa shape index (κ1) is 31.5. The highest BCUT2D eigenvalue weighted by atomic mass is 16.8. The minimum Gasteiger partial charge on any atom is -0.477 e.